The molecule has 0 unspecified atom stereocenters. The summed E-state index contributed by atoms with van der Waals surface area (Å²) in [6.07, 6.45) is 4.98. The van der Waals surface area contributed by atoms with E-state index in [0.29, 0.717) is 0 Å². The number of hydrogen-bond donors (Lipinski definition) is 0. The average Bonchev–Trinajstić information content (AvgIpc) is 2.65. The molecule has 1 aliphatic heterocycles. The van der Waals surface area contributed by atoms with Gasteiger partial charge in [0.05, 0.1) is 7.11 Å². The Kier molecular flexibility index (Phi) is 6.13. The molecule has 1 heterocycles. The van der Waals surface area contributed by atoms with Crippen LogP contribution in [0.2, 0.25) is 0 Å². The van der Waals surface area contributed by atoms with Gasteiger partial charge in [-0.2, -0.15) is 0 Å². The second-order valence-corrected chi connectivity index (χ2v) is 6.42. The Hall–Kier alpha value is -2.00. The van der Waals surface area contributed by atoms with Crippen molar-refractivity contribution in [2.24, 2.45) is 0 Å². The highest BCUT2D eigenvalue weighted by Crippen LogP contribution is 2.18. The van der Waals surface area contributed by atoms with Gasteiger partial charge >= 0.3 is 0 Å². The fourth-order valence-electron chi connectivity index (χ4n) is 3.16. The van der Waals surface area contributed by atoms with Gasteiger partial charge in [0, 0.05) is 6.54 Å². The maximum atomic E-state index is 5.89. The van der Waals surface area contributed by atoms with Gasteiger partial charge in [0.2, 0.25) is 0 Å². The summed E-state index contributed by atoms with van der Waals surface area (Å²) in [4.78, 5) is 2.50. The molecule has 1 fully saturated rings. The van der Waals surface area contributed by atoms with Gasteiger partial charge in [-0.1, -0.05) is 30.7 Å². The third-order valence-corrected chi connectivity index (χ3v) is 4.62. The quantitative estimate of drug-likeness (QED) is 0.763. The Labute approximate surface area is 145 Å². The Morgan fingerprint density at radius 2 is 1.38 bits per heavy atom. The van der Waals surface area contributed by atoms with Crippen molar-refractivity contribution in [1.29, 1.82) is 0 Å². The summed E-state index contributed by atoms with van der Waals surface area (Å²) >= 11 is 0. The zero-order valence-corrected chi connectivity index (χ0v) is 14.5. The number of hydrogen-bond acceptors (Lipinski definition) is 3. The third-order valence-electron chi connectivity index (χ3n) is 4.62. The summed E-state index contributed by atoms with van der Waals surface area (Å²) in [5, 5.41) is 0. The number of benzene rings is 2. The van der Waals surface area contributed by atoms with E-state index < -0.39 is 0 Å². The lowest BCUT2D eigenvalue weighted by atomic mass is 10.0. The molecule has 128 valence electrons. The van der Waals surface area contributed by atoms with Crippen molar-refractivity contribution in [3.8, 4) is 11.5 Å². The molecule has 1 aliphatic rings. The second-order valence-electron chi connectivity index (χ2n) is 6.42. The van der Waals surface area contributed by atoms with Crippen LogP contribution in [0, 0.1) is 0 Å². The normalized spacial score (nSPS) is 15.2. The van der Waals surface area contributed by atoms with Crippen molar-refractivity contribution in [3.63, 3.8) is 0 Å². The lowest BCUT2D eigenvalue weighted by Crippen LogP contribution is -2.33. The molecule has 24 heavy (non-hydrogen) atoms. The van der Waals surface area contributed by atoms with E-state index in [1.807, 2.05) is 12.1 Å². The number of methoxy groups -OCH3 is 1. The molecule has 1 saturated heterocycles. The minimum atomic E-state index is 0.776. The molecule has 0 bridgehead atoms. The molecule has 0 amide bonds. The van der Waals surface area contributed by atoms with Gasteiger partial charge in [0.15, 0.2) is 0 Å². The van der Waals surface area contributed by atoms with Gasteiger partial charge in [0.25, 0.3) is 0 Å². The highest BCUT2D eigenvalue weighted by Gasteiger charge is 2.09. The predicted molar refractivity (Wildman–Crippen MR) is 98.0 cm³/mol. The Morgan fingerprint density at radius 1 is 0.792 bits per heavy atom. The van der Waals surface area contributed by atoms with Crippen LogP contribution in [0.25, 0.3) is 0 Å². The van der Waals surface area contributed by atoms with Gasteiger partial charge in [-0.3, -0.25) is 4.90 Å². The van der Waals surface area contributed by atoms with E-state index in [0.717, 1.165) is 31.1 Å². The number of ether oxygens (including phenoxy) is 2. The monoisotopic (exact) mass is 325 g/mol. The minimum absolute atomic E-state index is 0.776. The average molecular weight is 325 g/mol. The van der Waals surface area contributed by atoms with Gasteiger partial charge in [-0.15, -0.1) is 0 Å². The lowest BCUT2D eigenvalue weighted by Gasteiger charge is -2.26. The molecule has 0 spiro atoms. The van der Waals surface area contributed by atoms with Crippen molar-refractivity contribution in [2.45, 2.75) is 25.7 Å². The molecule has 0 aliphatic carbocycles. The van der Waals surface area contributed by atoms with Crippen LogP contribution < -0.4 is 9.47 Å². The van der Waals surface area contributed by atoms with Crippen molar-refractivity contribution in [1.82, 2.24) is 4.90 Å². The summed E-state index contributed by atoms with van der Waals surface area (Å²) in [6, 6.07) is 16.7. The zero-order valence-electron chi connectivity index (χ0n) is 14.5. The Balaban J connectivity index is 1.45. The van der Waals surface area contributed by atoms with E-state index >= 15 is 0 Å². The highest BCUT2D eigenvalue weighted by atomic mass is 16.5. The van der Waals surface area contributed by atoms with Crippen molar-refractivity contribution < 1.29 is 9.47 Å². The number of piperidine rings is 1. The van der Waals surface area contributed by atoms with Crippen LogP contribution in [0.4, 0.5) is 0 Å². The molecule has 2 aromatic carbocycles. The van der Waals surface area contributed by atoms with Crippen LogP contribution in [0.3, 0.4) is 0 Å². The molecule has 0 aromatic heterocycles. The van der Waals surface area contributed by atoms with Crippen molar-refractivity contribution in [2.75, 3.05) is 33.4 Å². The minimum Gasteiger partial charge on any atom is -0.497 e. The van der Waals surface area contributed by atoms with E-state index in [2.05, 4.69) is 41.3 Å². The smallest absolute Gasteiger partial charge is 0.119 e. The lowest BCUT2D eigenvalue weighted by molar-refractivity contribution is 0.183. The van der Waals surface area contributed by atoms with Gasteiger partial charge in [-0.25, -0.2) is 0 Å². The largest absolute Gasteiger partial charge is 0.497 e. The zero-order chi connectivity index (χ0) is 16.6. The van der Waals surface area contributed by atoms with E-state index in [1.165, 1.54) is 43.5 Å². The first kappa shape index (κ1) is 16.8. The number of rotatable bonds is 7. The molecule has 0 N–H and O–H groups in total. The van der Waals surface area contributed by atoms with Crippen molar-refractivity contribution in [3.05, 3.63) is 59.7 Å². The molecule has 3 heteroatoms. The van der Waals surface area contributed by atoms with Crippen LogP contribution in [-0.2, 0) is 6.42 Å². The summed E-state index contributed by atoms with van der Waals surface area (Å²) in [6.45, 7) is 4.26. The van der Waals surface area contributed by atoms with Crippen LogP contribution in [0.1, 0.15) is 30.4 Å². The maximum absolute atomic E-state index is 5.89. The molecular formula is C21H27NO2. The fourth-order valence-corrected chi connectivity index (χ4v) is 3.16. The standard InChI is InChI=1S/C21H27NO2/c1-23-20-9-5-18(6-10-20)17-19-7-11-21(12-8-19)24-16-15-22-13-3-2-4-14-22/h5-12H,2-4,13-17H2,1H3. The molecule has 0 atom stereocenters. The summed E-state index contributed by atoms with van der Waals surface area (Å²) in [5.74, 6) is 1.86. The SMILES string of the molecule is COc1ccc(Cc2ccc(OCCN3CCCCC3)cc2)cc1. The van der Waals surface area contributed by atoms with E-state index in [4.69, 9.17) is 9.47 Å². The molecule has 2 aromatic rings. The summed E-state index contributed by atoms with van der Waals surface area (Å²) in [7, 11) is 1.69. The molecule has 3 rings (SSSR count). The predicted octanol–water partition coefficient (Wildman–Crippen LogP) is 4.15. The fraction of sp³-hybridized carbons (Fsp3) is 0.429. The van der Waals surface area contributed by atoms with Gasteiger partial charge in [-0.05, 0) is 67.7 Å². The molecule has 0 saturated carbocycles. The van der Waals surface area contributed by atoms with Crippen LogP contribution in [0.15, 0.2) is 48.5 Å². The van der Waals surface area contributed by atoms with Gasteiger partial charge < -0.3 is 9.47 Å². The number of likely N-dealkylation sites (tertiary alicyclic amines) is 1. The first-order chi connectivity index (χ1) is 11.8. The topological polar surface area (TPSA) is 21.7 Å². The number of nitrogens with zero attached hydrogens (tertiary/aromatic N) is 1. The van der Waals surface area contributed by atoms with Crippen molar-refractivity contribution >= 4 is 0 Å². The third kappa shape index (κ3) is 5.00. The van der Waals surface area contributed by atoms with Crippen LogP contribution in [-0.4, -0.2) is 38.3 Å². The maximum Gasteiger partial charge on any atom is 0.119 e. The second kappa shape index (κ2) is 8.74. The Morgan fingerprint density at radius 3 is 1.96 bits per heavy atom. The van der Waals surface area contributed by atoms with E-state index in [9.17, 15) is 0 Å². The van der Waals surface area contributed by atoms with Crippen LogP contribution in [0.5, 0.6) is 11.5 Å². The van der Waals surface area contributed by atoms with E-state index in [1.54, 1.807) is 7.11 Å². The molecule has 3 nitrogen and oxygen atoms in total. The molecule has 0 radical (unpaired) electrons. The van der Waals surface area contributed by atoms with Gasteiger partial charge in [0.1, 0.15) is 18.1 Å². The van der Waals surface area contributed by atoms with Crippen LogP contribution >= 0.6 is 0 Å². The molecular weight excluding hydrogens is 298 g/mol. The first-order valence-corrected chi connectivity index (χ1v) is 8.90. The summed E-state index contributed by atoms with van der Waals surface area (Å²) in [5.41, 5.74) is 2.58. The Bertz CT molecular complexity index is 601. The van der Waals surface area contributed by atoms with E-state index in [-0.39, 0.29) is 0 Å². The summed E-state index contributed by atoms with van der Waals surface area (Å²) < 4.78 is 11.1. The first-order valence-electron chi connectivity index (χ1n) is 8.90. The highest BCUT2D eigenvalue weighted by molar-refractivity contribution is 5.34.